The van der Waals surface area contributed by atoms with E-state index in [0.29, 0.717) is 0 Å². The van der Waals surface area contributed by atoms with Crippen LogP contribution < -0.4 is 16.4 Å². The first kappa shape index (κ1) is 23.5. The van der Waals surface area contributed by atoms with Crippen LogP contribution >= 0.6 is 0 Å². The number of fused-ring (bicyclic) bond motifs is 5. The molecule has 0 saturated heterocycles. The Balaban J connectivity index is 1.76. The fraction of sp³-hybridized carbons (Fsp3) is 0.171. The topological polar surface area (TPSA) is 12.9 Å². The third-order valence-electron chi connectivity index (χ3n) is 8.01. The van der Waals surface area contributed by atoms with Crippen molar-refractivity contribution >= 4 is 55.5 Å². The summed E-state index contributed by atoms with van der Waals surface area (Å²) >= 11 is 0. The lowest BCUT2D eigenvalue weighted by atomic mass is 9.33. The third-order valence-corrected chi connectivity index (χ3v) is 8.01. The van der Waals surface area contributed by atoms with Gasteiger partial charge in [0.05, 0.1) is 5.52 Å². The van der Waals surface area contributed by atoms with Gasteiger partial charge in [0, 0.05) is 22.4 Å². The quantitative estimate of drug-likeness (QED) is 0.199. The van der Waals surface area contributed by atoms with E-state index in [0.717, 1.165) is 5.52 Å². The second kappa shape index (κ2) is 8.89. The van der Waals surface area contributed by atoms with Gasteiger partial charge in [0.15, 0.2) is 0 Å². The van der Waals surface area contributed by atoms with Gasteiger partial charge >= 0.3 is 0 Å². The molecule has 6 aromatic rings. The average molecular weight is 477 g/mol. The van der Waals surface area contributed by atoms with E-state index in [4.69, 9.17) is 4.98 Å². The van der Waals surface area contributed by atoms with Crippen molar-refractivity contribution in [1.82, 2.24) is 4.98 Å². The number of aryl methyl sites for hydroxylation is 6. The summed E-state index contributed by atoms with van der Waals surface area (Å²) < 4.78 is 0. The van der Waals surface area contributed by atoms with Gasteiger partial charge in [-0.1, -0.05) is 123 Å². The fourth-order valence-electron chi connectivity index (χ4n) is 6.74. The molecule has 0 aliphatic carbocycles. The number of pyridine rings is 1. The van der Waals surface area contributed by atoms with E-state index in [1.807, 2.05) is 6.20 Å². The number of hydrogen-bond acceptors (Lipinski definition) is 1. The molecule has 0 fully saturated rings. The van der Waals surface area contributed by atoms with E-state index in [2.05, 4.69) is 120 Å². The van der Waals surface area contributed by atoms with Crippen molar-refractivity contribution in [3.8, 4) is 0 Å². The molecule has 0 radical (unpaired) electrons. The largest absolute Gasteiger partial charge is 0.256 e. The van der Waals surface area contributed by atoms with E-state index in [1.54, 1.807) is 0 Å². The first-order valence-electron chi connectivity index (χ1n) is 13.2. The monoisotopic (exact) mass is 477 g/mol. The number of hydrogen-bond donors (Lipinski definition) is 0. The van der Waals surface area contributed by atoms with Crippen molar-refractivity contribution in [2.24, 2.45) is 0 Å². The van der Waals surface area contributed by atoms with E-state index in [9.17, 15) is 0 Å². The van der Waals surface area contributed by atoms with Gasteiger partial charge in [-0.05, 0) is 58.4 Å². The molecule has 0 amide bonds. The van der Waals surface area contributed by atoms with E-state index in [1.165, 1.54) is 76.7 Å². The lowest BCUT2D eigenvalue weighted by molar-refractivity contribution is 1.34. The Morgan fingerprint density at radius 2 is 1.11 bits per heavy atom. The predicted molar refractivity (Wildman–Crippen MR) is 163 cm³/mol. The maximum Gasteiger partial charge on any atom is 0.243 e. The lowest BCUT2D eigenvalue weighted by Gasteiger charge is -2.26. The van der Waals surface area contributed by atoms with Gasteiger partial charge in [-0.3, -0.25) is 4.98 Å². The summed E-state index contributed by atoms with van der Waals surface area (Å²) in [7, 11) is 0. The molecule has 1 nitrogen and oxygen atoms in total. The molecule has 0 N–H and O–H groups in total. The number of para-hydroxylation sites is 1. The Bertz CT molecular complexity index is 1740. The Kier molecular flexibility index (Phi) is 5.64. The molecule has 0 unspecified atom stereocenters. The van der Waals surface area contributed by atoms with Crippen molar-refractivity contribution in [3.63, 3.8) is 0 Å². The number of rotatable bonds is 3. The van der Waals surface area contributed by atoms with Crippen LogP contribution in [0.2, 0.25) is 0 Å². The van der Waals surface area contributed by atoms with Gasteiger partial charge in [0.1, 0.15) is 0 Å². The molecule has 0 spiro atoms. The highest BCUT2D eigenvalue weighted by molar-refractivity contribution is 6.98. The zero-order chi connectivity index (χ0) is 25.8. The highest BCUT2D eigenvalue weighted by atomic mass is 14.6. The minimum atomic E-state index is 0.149. The molecule has 180 valence electrons. The van der Waals surface area contributed by atoms with Gasteiger partial charge < -0.3 is 0 Å². The van der Waals surface area contributed by atoms with Crippen molar-refractivity contribution < 1.29 is 0 Å². The summed E-state index contributed by atoms with van der Waals surface area (Å²) in [5.41, 5.74) is 13.3. The Morgan fingerprint density at radius 3 is 1.73 bits per heavy atom. The summed E-state index contributed by atoms with van der Waals surface area (Å²) in [5, 5.41) is 6.30. The third kappa shape index (κ3) is 3.83. The van der Waals surface area contributed by atoms with Gasteiger partial charge in [0.25, 0.3) is 0 Å². The molecule has 0 aliphatic rings. The molecule has 6 rings (SSSR count). The Hall–Kier alpha value is -3.91. The van der Waals surface area contributed by atoms with E-state index >= 15 is 0 Å². The van der Waals surface area contributed by atoms with Crippen molar-refractivity contribution in [2.75, 3.05) is 0 Å². The van der Waals surface area contributed by atoms with Crippen LogP contribution in [0.15, 0.2) is 85.1 Å². The first-order valence-corrected chi connectivity index (χ1v) is 13.2. The van der Waals surface area contributed by atoms with E-state index < -0.39 is 0 Å². The minimum absolute atomic E-state index is 0.149. The normalized spacial score (nSPS) is 11.5. The van der Waals surface area contributed by atoms with Crippen LogP contribution in [-0.4, -0.2) is 11.7 Å². The second-order valence-corrected chi connectivity index (χ2v) is 10.8. The standard InChI is InChI=1S/C35H32BN/c1-21-16-23(3)34(24(4)17-21)36(35-25(5)18-22(2)19-26(35)6)31-12-9-11-29-28(31)15-14-27-20-37-32-13-8-7-10-30(32)33(27)29/h7-20H,1-6H3. The number of aromatic nitrogens is 1. The van der Waals surface area contributed by atoms with Crippen LogP contribution in [-0.2, 0) is 0 Å². The molecule has 1 heterocycles. The smallest absolute Gasteiger partial charge is 0.243 e. The summed E-state index contributed by atoms with van der Waals surface area (Å²) in [6.45, 7) is 13.7. The molecule has 0 aliphatic heterocycles. The summed E-state index contributed by atoms with van der Waals surface area (Å²) in [5.74, 6) is 0. The van der Waals surface area contributed by atoms with Gasteiger partial charge in [-0.2, -0.15) is 0 Å². The Morgan fingerprint density at radius 1 is 0.541 bits per heavy atom. The van der Waals surface area contributed by atoms with Gasteiger partial charge in [-0.15, -0.1) is 0 Å². The second-order valence-electron chi connectivity index (χ2n) is 10.8. The molecular weight excluding hydrogens is 445 g/mol. The van der Waals surface area contributed by atoms with Crippen molar-refractivity contribution in [3.05, 3.63) is 118 Å². The average Bonchev–Trinajstić information content (AvgIpc) is 2.86. The molecule has 0 atom stereocenters. The Labute approximate surface area is 220 Å². The summed E-state index contributed by atoms with van der Waals surface area (Å²) in [6, 6.07) is 29.3. The van der Waals surface area contributed by atoms with Crippen LogP contribution in [0.4, 0.5) is 0 Å². The molecule has 2 heteroatoms. The van der Waals surface area contributed by atoms with Gasteiger partial charge in [0.2, 0.25) is 6.71 Å². The van der Waals surface area contributed by atoms with E-state index in [-0.39, 0.29) is 6.71 Å². The molecule has 37 heavy (non-hydrogen) atoms. The first-order chi connectivity index (χ1) is 17.8. The van der Waals surface area contributed by atoms with Gasteiger partial charge in [-0.25, -0.2) is 0 Å². The van der Waals surface area contributed by atoms with Crippen LogP contribution in [0.3, 0.4) is 0 Å². The maximum absolute atomic E-state index is 4.73. The number of benzene rings is 5. The predicted octanol–water partition coefficient (Wildman–Crippen LogP) is 6.91. The maximum atomic E-state index is 4.73. The number of nitrogens with zero attached hydrogens (tertiary/aromatic N) is 1. The van der Waals surface area contributed by atoms with Crippen LogP contribution in [0.1, 0.15) is 33.4 Å². The van der Waals surface area contributed by atoms with Crippen LogP contribution in [0.5, 0.6) is 0 Å². The molecule has 1 aromatic heterocycles. The highest BCUT2D eigenvalue weighted by Crippen LogP contribution is 2.30. The minimum Gasteiger partial charge on any atom is -0.256 e. The molecule has 0 saturated carbocycles. The lowest BCUT2D eigenvalue weighted by Crippen LogP contribution is -2.56. The SMILES string of the molecule is Cc1cc(C)c(B(c2c(C)cc(C)cc2C)c2cccc3c2ccc2cnc4ccccc4c23)c(C)c1. The molecule has 0 bridgehead atoms. The zero-order valence-corrected chi connectivity index (χ0v) is 22.6. The van der Waals surface area contributed by atoms with Crippen LogP contribution in [0, 0.1) is 41.5 Å². The van der Waals surface area contributed by atoms with Crippen molar-refractivity contribution in [1.29, 1.82) is 0 Å². The fourth-order valence-corrected chi connectivity index (χ4v) is 6.74. The molecule has 5 aromatic carbocycles. The summed E-state index contributed by atoms with van der Waals surface area (Å²) in [6.07, 6.45) is 2.02. The summed E-state index contributed by atoms with van der Waals surface area (Å²) in [4.78, 5) is 4.73. The highest BCUT2D eigenvalue weighted by Gasteiger charge is 2.30. The van der Waals surface area contributed by atoms with Crippen LogP contribution in [0.25, 0.3) is 32.4 Å². The molecular formula is C35H32BN. The van der Waals surface area contributed by atoms with Crippen molar-refractivity contribution in [2.45, 2.75) is 41.5 Å². The zero-order valence-electron chi connectivity index (χ0n) is 22.6.